The lowest BCUT2D eigenvalue weighted by atomic mass is 10.3. The maximum absolute atomic E-state index is 12.3. The third kappa shape index (κ3) is 4.87. The molecule has 0 bridgehead atoms. The Hall–Kier alpha value is -1.61. The molecular formula is C10H14F3N3O3. The van der Waals surface area contributed by atoms with Crippen LogP contribution in [0.1, 0.15) is 5.69 Å². The normalized spacial score (nSPS) is 13.3. The second kappa shape index (κ2) is 6.53. The Labute approximate surface area is 107 Å². The number of aliphatic hydroxyl groups excluding tert-OH is 1. The minimum Gasteiger partial charge on any atom is -0.394 e. The summed E-state index contributed by atoms with van der Waals surface area (Å²) in [5.74, 6) is -0.562. The number of carbonyl (C=O) groups is 1. The van der Waals surface area contributed by atoms with Crippen LogP contribution in [-0.2, 0) is 22.3 Å². The van der Waals surface area contributed by atoms with Crippen LogP contribution in [0.3, 0.4) is 0 Å². The zero-order valence-electron chi connectivity index (χ0n) is 10.1. The SMILES string of the molecule is COCC(CO)NC(=O)Cn1ccc(C(F)(F)F)n1. The van der Waals surface area contributed by atoms with E-state index < -0.39 is 23.8 Å². The summed E-state index contributed by atoms with van der Waals surface area (Å²) in [6.07, 6.45) is -3.47. The van der Waals surface area contributed by atoms with Crippen molar-refractivity contribution >= 4 is 5.91 Å². The fourth-order valence-electron chi connectivity index (χ4n) is 1.36. The topological polar surface area (TPSA) is 76.4 Å². The van der Waals surface area contributed by atoms with Crippen LogP contribution in [0.4, 0.5) is 13.2 Å². The summed E-state index contributed by atoms with van der Waals surface area (Å²) in [5.41, 5.74) is -1.06. The van der Waals surface area contributed by atoms with E-state index in [4.69, 9.17) is 9.84 Å². The standard InChI is InChI=1S/C10H14F3N3O3/c1-19-6-7(5-17)14-9(18)4-16-3-2-8(15-16)10(11,12)13/h2-3,7,17H,4-6H2,1H3,(H,14,18). The molecule has 0 aliphatic carbocycles. The lowest BCUT2D eigenvalue weighted by Crippen LogP contribution is -2.42. The Morgan fingerprint density at radius 3 is 2.79 bits per heavy atom. The Kier molecular flexibility index (Phi) is 5.31. The van der Waals surface area contributed by atoms with Crippen LogP contribution in [0, 0.1) is 0 Å². The van der Waals surface area contributed by atoms with Gasteiger partial charge in [0.1, 0.15) is 6.54 Å². The first kappa shape index (κ1) is 15.4. The highest BCUT2D eigenvalue weighted by molar-refractivity contribution is 5.75. The predicted octanol–water partition coefficient (Wildman–Crippen LogP) is 0.0254. The number of nitrogens with one attached hydrogen (secondary N) is 1. The molecule has 0 aromatic carbocycles. The van der Waals surface area contributed by atoms with E-state index in [2.05, 4.69) is 10.4 Å². The number of nitrogens with zero attached hydrogens (tertiary/aromatic N) is 2. The molecule has 1 aromatic rings. The quantitative estimate of drug-likeness (QED) is 0.771. The van der Waals surface area contributed by atoms with Crippen LogP contribution in [0.15, 0.2) is 12.3 Å². The van der Waals surface area contributed by atoms with Gasteiger partial charge >= 0.3 is 6.18 Å². The average molecular weight is 281 g/mol. The summed E-state index contributed by atoms with van der Waals surface area (Å²) in [4.78, 5) is 11.5. The molecule has 6 nitrogen and oxygen atoms in total. The van der Waals surface area contributed by atoms with Crippen LogP contribution >= 0.6 is 0 Å². The minimum atomic E-state index is -4.54. The van der Waals surface area contributed by atoms with Crippen molar-refractivity contribution < 1.29 is 27.8 Å². The van der Waals surface area contributed by atoms with Crippen LogP contribution < -0.4 is 5.32 Å². The molecule has 1 rings (SSSR count). The van der Waals surface area contributed by atoms with Crippen LogP contribution in [0.25, 0.3) is 0 Å². The summed E-state index contributed by atoms with van der Waals surface area (Å²) in [6.45, 7) is -0.585. The highest BCUT2D eigenvalue weighted by Crippen LogP contribution is 2.27. The highest BCUT2D eigenvalue weighted by Gasteiger charge is 2.33. The van der Waals surface area contributed by atoms with Crippen molar-refractivity contribution in [2.24, 2.45) is 0 Å². The van der Waals surface area contributed by atoms with Crippen molar-refractivity contribution in [1.29, 1.82) is 0 Å². The van der Waals surface area contributed by atoms with E-state index in [1.165, 1.54) is 7.11 Å². The van der Waals surface area contributed by atoms with E-state index in [-0.39, 0.29) is 19.8 Å². The molecule has 1 atom stereocenters. The molecule has 1 amide bonds. The molecule has 0 aliphatic heterocycles. The number of methoxy groups -OCH3 is 1. The Balaban J connectivity index is 2.55. The predicted molar refractivity (Wildman–Crippen MR) is 58.1 cm³/mol. The van der Waals surface area contributed by atoms with Gasteiger partial charge in [0.15, 0.2) is 5.69 Å². The molecule has 2 N–H and O–H groups in total. The lowest BCUT2D eigenvalue weighted by Gasteiger charge is -2.15. The van der Waals surface area contributed by atoms with Gasteiger partial charge in [0.25, 0.3) is 0 Å². The Morgan fingerprint density at radius 2 is 2.32 bits per heavy atom. The molecule has 1 unspecified atom stereocenters. The number of hydrogen-bond donors (Lipinski definition) is 2. The molecule has 9 heteroatoms. The zero-order chi connectivity index (χ0) is 14.5. The average Bonchev–Trinajstić information content (AvgIpc) is 2.76. The summed E-state index contributed by atoms with van der Waals surface area (Å²) < 4.78 is 42.5. The summed E-state index contributed by atoms with van der Waals surface area (Å²) in [6, 6.07) is 0.182. The van der Waals surface area contributed by atoms with E-state index in [9.17, 15) is 18.0 Å². The van der Waals surface area contributed by atoms with Gasteiger partial charge in [0.2, 0.25) is 5.91 Å². The number of hydrogen-bond acceptors (Lipinski definition) is 4. The van der Waals surface area contributed by atoms with Gasteiger partial charge < -0.3 is 15.2 Å². The molecule has 1 aromatic heterocycles. The molecule has 0 saturated heterocycles. The van der Waals surface area contributed by atoms with E-state index in [0.29, 0.717) is 0 Å². The van der Waals surface area contributed by atoms with Gasteiger partial charge in [-0.15, -0.1) is 0 Å². The molecule has 0 fully saturated rings. The van der Waals surface area contributed by atoms with Crippen molar-refractivity contribution in [1.82, 2.24) is 15.1 Å². The first-order valence-corrected chi connectivity index (χ1v) is 5.36. The second-order valence-electron chi connectivity index (χ2n) is 3.80. The molecule has 0 spiro atoms. The monoisotopic (exact) mass is 281 g/mol. The number of rotatable bonds is 6. The fraction of sp³-hybridized carbons (Fsp3) is 0.600. The number of carbonyl (C=O) groups excluding carboxylic acids is 1. The van der Waals surface area contributed by atoms with Gasteiger partial charge in [-0.05, 0) is 6.07 Å². The minimum absolute atomic E-state index is 0.106. The van der Waals surface area contributed by atoms with Crippen molar-refractivity contribution in [3.63, 3.8) is 0 Å². The van der Waals surface area contributed by atoms with E-state index >= 15 is 0 Å². The number of aromatic nitrogens is 2. The fourth-order valence-corrected chi connectivity index (χ4v) is 1.36. The summed E-state index contributed by atoms with van der Waals surface area (Å²) in [7, 11) is 1.40. The van der Waals surface area contributed by atoms with Crippen LogP contribution in [0.5, 0.6) is 0 Å². The first-order chi connectivity index (χ1) is 8.86. The number of aliphatic hydroxyl groups is 1. The van der Waals surface area contributed by atoms with Gasteiger partial charge in [-0.1, -0.05) is 0 Å². The number of ether oxygens (including phenoxy) is 1. The number of amides is 1. The second-order valence-corrected chi connectivity index (χ2v) is 3.80. The van der Waals surface area contributed by atoms with Gasteiger partial charge in [-0.3, -0.25) is 9.48 Å². The van der Waals surface area contributed by atoms with Crippen molar-refractivity contribution in [2.75, 3.05) is 20.3 Å². The largest absolute Gasteiger partial charge is 0.435 e. The van der Waals surface area contributed by atoms with Crippen molar-refractivity contribution in [2.45, 2.75) is 18.8 Å². The summed E-state index contributed by atoms with van der Waals surface area (Å²) >= 11 is 0. The van der Waals surface area contributed by atoms with Gasteiger partial charge in [0, 0.05) is 13.3 Å². The maximum atomic E-state index is 12.3. The van der Waals surface area contributed by atoms with Gasteiger partial charge in [-0.2, -0.15) is 18.3 Å². The molecule has 19 heavy (non-hydrogen) atoms. The van der Waals surface area contributed by atoms with Gasteiger partial charge in [-0.25, -0.2) is 0 Å². The molecule has 1 heterocycles. The molecular weight excluding hydrogens is 267 g/mol. The number of halogens is 3. The third-order valence-electron chi connectivity index (χ3n) is 2.19. The summed E-state index contributed by atoms with van der Waals surface area (Å²) in [5, 5.41) is 14.6. The Bertz CT molecular complexity index is 420. The molecule has 0 radical (unpaired) electrons. The number of alkyl halides is 3. The van der Waals surface area contributed by atoms with Gasteiger partial charge in [0.05, 0.1) is 19.3 Å². The van der Waals surface area contributed by atoms with Crippen LogP contribution in [0.2, 0.25) is 0 Å². The highest BCUT2D eigenvalue weighted by atomic mass is 19.4. The van der Waals surface area contributed by atoms with E-state index in [1.54, 1.807) is 0 Å². The first-order valence-electron chi connectivity index (χ1n) is 5.36. The zero-order valence-corrected chi connectivity index (χ0v) is 10.1. The van der Waals surface area contributed by atoms with E-state index in [1.807, 2.05) is 0 Å². The van der Waals surface area contributed by atoms with Crippen LogP contribution in [-0.4, -0.2) is 47.2 Å². The lowest BCUT2D eigenvalue weighted by molar-refractivity contribution is -0.141. The van der Waals surface area contributed by atoms with E-state index in [0.717, 1.165) is 16.9 Å². The van der Waals surface area contributed by atoms with Crippen molar-refractivity contribution in [3.8, 4) is 0 Å². The molecule has 0 aliphatic rings. The molecule has 0 saturated carbocycles. The molecule has 108 valence electrons. The van der Waals surface area contributed by atoms with Crippen molar-refractivity contribution in [3.05, 3.63) is 18.0 Å². The third-order valence-corrected chi connectivity index (χ3v) is 2.19. The Morgan fingerprint density at radius 1 is 1.63 bits per heavy atom. The maximum Gasteiger partial charge on any atom is 0.435 e. The smallest absolute Gasteiger partial charge is 0.394 e.